The van der Waals surface area contributed by atoms with Crippen molar-refractivity contribution in [3.8, 4) is 10.6 Å². The summed E-state index contributed by atoms with van der Waals surface area (Å²) >= 11 is 1.53. The molecule has 3 aromatic rings. The van der Waals surface area contributed by atoms with Crippen molar-refractivity contribution >= 4 is 23.1 Å². The van der Waals surface area contributed by atoms with Crippen molar-refractivity contribution < 1.29 is 14.3 Å². The van der Waals surface area contributed by atoms with E-state index in [2.05, 4.69) is 15.6 Å². The molecule has 124 valence electrons. The number of furan rings is 1. The lowest BCUT2D eigenvalue weighted by Gasteiger charge is -2.21. The Balaban J connectivity index is 1.60. The second-order valence-electron chi connectivity index (χ2n) is 5.48. The van der Waals surface area contributed by atoms with Crippen molar-refractivity contribution in [1.82, 2.24) is 10.3 Å². The lowest BCUT2D eigenvalue weighted by atomic mass is 10.0. The molecule has 0 saturated carbocycles. The summed E-state index contributed by atoms with van der Waals surface area (Å²) in [5.74, 6) is 0.397. The van der Waals surface area contributed by atoms with Gasteiger partial charge in [-0.05, 0) is 31.2 Å². The Bertz CT molecular complexity index is 798. The van der Waals surface area contributed by atoms with Crippen LogP contribution < -0.4 is 10.6 Å². The highest BCUT2D eigenvalue weighted by Gasteiger charge is 2.26. The van der Waals surface area contributed by atoms with Crippen LogP contribution in [0.5, 0.6) is 0 Å². The first-order valence-electron chi connectivity index (χ1n) is 7.36. The van der Waals surface area contributed by atoms with E-state index in [9.17, 15) is 9.90 Å². The molecule has 0 radical (unpaired) electrons. The molecule has 2 heterocycles. The standard InChI is InChI=1S/C17H17N3O3S/c1-17(22,14-6-3-8-23-14)11-19-16(21)20-13-5-2-4-12(10-13)15-18-7-9-24-15/h2-10,22H,11H2,1H3,(H2,19,20,21)/t17-/m1/s1. The highest BCUT2D eigenvalue weighted by atomic mass is 32.1. The molecule has 0 aliphatic heterocycles. The Labute approximate surface area is 143 Å². The quantitative estimate of drug-likeness (QED) is 0.662. The maximum absolute atomic E-state index is 12.0. The van der Waals surface area contributed by atoms with Gasteiger partial charge in [-0.1, -0.05) is 12.1 Å². The number of carbonyl (C=O) groups is 1. The molecule has 0 bridgehead atoms. The van der Waals surface area contributed by atoms with Gasteiger partial charge in [-0.25, -0.2) is 9.78 Å². The summed E-state index contributed by atoms with van der Waals surface area (Å²) in [6.07, 6.45) is 3.22. The summed E-state index contributed by atoms with van der Waals surface area (Å²) < 4.78 is 5.18. The summed E-state index contributed by atoms with van der Waals surface area (Å²) in [6.45, 7) is 1.60. The average Bonchev–Trinajstić information content (AvgIpc) is 3.26. The van der Waals surface area contributed by atoms with Crippen molar-refractivity contribution in [2.24, 2.45) is 0 Å². The molecule has 0 saturated heterocycles. The Morgan fingerprint density at radius 3 is 2.96 bits per heavy atom. The minimum atomic E-state index is -1.27. The van der Waals surface area contributed by atoms with E-state index in [1.54, 1.807) is 31.3 Å². The molecule has 3 N–H and O–H groups in total. The zero-order chi connectivity index (χ0) is 17.0. The van der Waals surface area contributed by atoms with Crippen LogP contribution in [-0.4, -0.2) is 22.7 Å². The number of hydrogen-bond acceptors (Lipinski definition) is 5. The molecule has 7 heteroatoms. The molecule has 2 amide bonds. The van der Waals surface area contributed by atoms with E-state index in [4.69, 9.17) is 4.42 Å². The van der Waals surface area contributed by atoms with Crippen molar-refractivity contribution in [2.75, 3.05) is 11.9 Å². The Kier molecular flexibility index (Phi) is 4.64. The zero-order valence-corrected chi connectivity index (χ0v) is 13.8. The molecule has 24 heavy (non-hydrogen) atoms. The minimum absolute atomic E-state index is 0.0263. The van der Waals surface area contributed by atoms with E-state index >= 15 is 0 Å². The zero-order valence-electron chi connectivity index (χ0n) is 13.0. The van der Waals surface area contributed by atoms with Crippen molar-refractivity contribution in [1.29, 1.82) is 0 Å². The summed E-state index contributed by atoms with van der Waals surface area (Å²) in [7, 11) is 0. The summed E-state index contributed by atoms with van der Waals surface area (Å²) in [6, 6.07) is 10.4. The highest BCUT2D eigenvalue weighted by molar-refractivity contribution is 7.13. The second-order valence-corrected chi connectivity index (χ2v) is 6.37. The third kappa shape index (κ3) is 3.81. The third-order valence-electron chi connectivity index (χ3n) is 3.44. The lowest BCUT2D eigenvalue weighted by molar-refractivity contribution is 0.0372. The maximum Gasteiger partial charge on any atom is 0.319 e. The fourth-order valence-corrected chi connectivity index (χ4v) is 2.83. The van der Waals surface area contributed by atoms with Crippen molar-refractivity contribution in [3.05, 3.63) is 60.0 Å². The number of nitrogens with zero attached hydrogens (tertiary/aromatic N) is 1. The minimum Gasteiger partial charge on any atom is -0.466 e. The van der Waals surface area contributed by atoms with Crippen LogP contribution in [0.4, 0.5) is 10.5 Å². The number of benzene rings is 1. The van der Waals surface area contributed by atoms with Crippen molar-refractivity contribution in [2.45, 2.75) is 12.5 Å². The average molecular weight is 343 g/mol. The first-order valence-corrected chi connectivity index (χ1v) is 8.24. The van der Waals surface area contributed by atoms with Gasteiger partial charge in [0.2, 0.25) is 0 Å². The van der Waals surface area contributed by atoms with E-state index in [0.29, 0.717) is 11.4 Å². The normalized spacial score (nSPS) is 13.2. The van der Waals surface area contributed by atoms with Crippen LogP contribution in [-0.2, 0) is 5.60 Å². The first kappa shape index (κ1) is 16.2. The second kappa shape index (κ2) is 6.86. The van der Waals surface area contributed by atoms with Crippen LogP contribution in [0, 0.1) is 0 Å². The van der Waals surface area contributed by atoms with Crippen LogP contribution in [0.15, 0.2) is 58.7 Å². The van der Waals surface area contributed by atoms with Gasteiger partial charge in [0.25, 0.3) is 0 Å². The van der Waals surface area contributed by atoms with Gasteiger partial charge in [0, 0.05) is 22.8 Å². The number of aliphatic hydroxyl groups is 1. The molecule has 3 rings (SSSR count). The van der Waals surface area contributed by atoms with E-state index in [1.165, 1.54) is 17.6 Å². The fourth-order valence-electron chi connectivity index (χ4n) is 2.20. The molecular formula is C17H17N3O3S. The number of thiazole rings is 1. The summed E-state index contributed by atoms with van der Waals surface area (Å²) in [4.78, 5) is 16.3. The van der Waals surface area contributed by atoms with Crippen LogP contribution in [0.2, 0.25) is 0 Å². The molecule has 2 aromatic heterocycles. The van der Waals surface area contributed by atoms with E-state index in [-0.39, 0.29) is 6.54 Å². The smallest absolute Gasteiger partial charge is 0.319 e. The molecule has 6 nitrogen and oxygen atoms in total. The number of anilines is 1. The monoisotopic (exact) mass is 343 g/mol. The molecule has 0 unspecified atom stereocenters. The SMILES string of the molecule is C[C@@](O)(CNC(=O)Nc1cccc(-c2nccs2)c1)c1ccco1. The topological polar surface area (TPSA) is 87.4 Å². The van der Waals surface area contributed by atoms with Crippen LogP contribution >= 0.6 is 11.3 Å². The van der Waals surface area contributed by atoms with Gasteiger partial charge in [0.05, 0.1) is 12.8 Å². The first-order chi connectivity index (χ1) is 11.5. The molecule has 0 aliphatic rings. The van der Waals surface area contributed by atoms with Gasteiger partial charge in [-0.15, -0.1) is 11.3 Å². The predicted octanol–water partition coefficient (Wildman–Crippen LogP) is 3.43. The molecule has 0 spiro atoms. The van der Waals surface area contributed by atoms with Gasteiger partial charge >= 0.3 is 6.03 Å². The largest absolute Gasteiger partial charge is 0.466 e. The molecule has 1 aromatic carbocycles. The molecular weight excluding hydrogens is 326 g/mol. The maximum atomic E-state index is 12.0. The number of urea groups is 1. The molecule has 1 atom stereocenters. The van der Waals surface area contributed by atoms with E-state index in [0.717, 1.165) is 10.6 Å². The predicted molar refractivity (Wildman–Crippen MR) is 92.9 cm³/mol. The van der Waals surface area contributed by atoms with Gasteiger partial charge in [0.1, 0.15) is 16.4 Å². The van der Waals surface area contributed by atoms with Crippen LogP contribution in [0.25, 0.3) is 10.6 Å². The number of rotatable bonds is 5. The number of amides is 2. The number of carbonyl (C=O) groups excluding carboxylic acids is 1. The van der Waals surface area contributed by atoms with Gasteiger partial charge in [-0.3, -0.25) is 0 Å². The fraction of sp³-hybridized carbons (Fsp3) is 0.176. The highest BCUT2D eigenvalue weighted by Crippen LogP contribution is 2.24. The number of hydrogen-bond donors (Lipinski definition) is 3. The molecule has 0 aliphatic carbocycles. The van der Waals surface area contributed by atoms with Gasteiger partial charge in [-0.2, -0.15) is 0 Å². The van der Waals surface area contributed by atoms with Gasteiger partial charge < -0.3 is 20.2 Å². The summed E-state index contributed by atoms with van der Waals surface area (Å²) in [5, 5.41) is 18.5. The molecule has 0 fully saturated rings. The van der Waals surface area contributed by atoms with Crippen LogP contribution in [0.1, 0.15) is 12.7 Å². The number of nitrogens with one attached hydrogen (secondary N) is 2. The summed E-state index contributed by atoms with van der Waals surface area (Å²) in [5.41, 5.74) is 0.312. The van der Waals surface area contributed by atoms with E-state index < -0.39 is 11.6 Å². The third-order valence-corrected chi connectivity index (χ3v) is 4.27. The van der Waals surface area contributed by atoms with Gasteiger partial charge in [0.15, 0.2) is 0 Å². The Hall–Kier alpha value is -2.64. The number of aromatic nitrogens is 1. The van der Waals surface area contributed by atoms with E-state index in [1.807, 2.05) is 23.6 Å². The van der Waals surface area contributed by atoms with Crippen molar-refractivity contribution in [3.63, 3.8) is 0 Å². The van der Waals surface area contributed by atoms with Crippen LogP contribution in [0.3, 0.4) is 0 Å². The Morgan fingerprint density at radius 1 is 1.38 bits per heavy atom. The Morgan fingerprint density at radius 2 is 2.25 bits per heavy atom. The lowest BCUT2D eigenvalue weighted by Crippen LogP contribution is -2.40.